The quantitative estimate of drug-likeness (QED) is 0.655. The Morgan fingerprint density at radius 2 is 2.10 bits per heavy atom. The minimum Gasteiger partial charge on any atom is -0.391 e. The number of hydrogen-bond acceptors (Lipinski definition) is 6. The molecule has 4 heterocycles. The smallest absolute Gasteiger partial charge is 0.391 e. The van der Waals surface area contributed by atoms with Crippen LogP contribution in [0.3, 0.4) is 0 Å². The summed E-state index contributed by atoms with van der Waals surface area (Å²) in [5.41, 5.74) is 2.09. The van der Waals surface area contributed by atoms with Gasteiger partial charge in [0.05, 0.1) is 29.3 Å². The number of thiophene rings is 1. The molecule has 1 aliphatic heterocycles. The van der Waals surface area contributed by atoms with E-state index in [-0.39, 0.29) is 36.5 Å². The molecule has 11 heteroatoms. The van der Waals surface area contributed by atoms with Crippen molar-refractivity contribution in [2.45, 2.75) is 19.2 Å². The summed E-state index contributed by atoms with van der Waals surface area (Å²) in [5, 5.41) is 13.6. The maximum Gasteiger partial charge on any atom is 0.493 e. The second-order valence-electron chi connectivity index (χ2n) is 6.46. The molecule has 3 aromatic rings. The van der Waals surface area contributed by atoms with Gasteiger partial charge in [0, 0.05) is 40.5 Å². The Labute approximate surface area is 171 Å². The van der Waals surface area contributed by atoms with Crippen LogP contribution >= 0.6 is 11.3 Å². The van der Waals surface area contributed by atoms with Gasteiger partial charge in [-0.05, 0) is 24.3 Å². The first-order valence-electron chi connectivity index (χ1n) is 8.75. The number of carbonyl (C=O) groups excluding carboxylic acids is 2. The molecule has 156 valence electrons. The Morgan fingerprint density at radius 1 is 1.30 bits per heavy atom. The van der Waals surface area contributed by atoms with Gasteiger partial charge in [0.2, 0.25) is 0 Å². The number of pyridine rings is 1. The Kier molecular flexibility index (Phi) is 5.08. The van der Waals surface area contributed by atoms with Crippen molar-refractivity contribution in [2.75, 3.05) is 6.54 Å². The van der Waals surface area contributed by atoms with Gasteiger partial charge >= 0.3 is 12.1 Å². The molecule has 1 aliphatic rings. The Hall–Kier alpha value is -3.18. The van der Waals surface area contributed by atoms with Gasteiger partial charge in [-0.2, -0.15) is 17.9 Å². The predicted molar refractivity (Wildman–Crippen MR) is 101 cm³/mol. The highest BCUT2D eigenvalue weighted by Gasteiger charge is 2.43. The molecule has 0 bridgehead atoms. The third-order valence-corrected chi connectivity index (χ3v) is 5.44. The molecule has 2 N–H and O–H groups in total. The van der Waals surface area contributed by atoms with Gasteiger partial charge in [-0.15, -0.1) is 11.3 Å². The maximum absolute atomic E-state index is 12.8. The van der Waals surface area contributed by atoms with E-state index in [1.807, 2.05) is 0 Å². The molecule has 4 rings (SSSR count). The molecule has 30 heavy (non-hydrogen) atoms. The van der Waals surface area contributed by atoms with Crippen LogP contribution in [0.15, 0.2) is 35.8 Å². The van der Waals surface area contributed by atoms with Crippen LogP contribution < -0.4 is 10.2 Å². The van der Waals surface area contributed by atoms with Gasteiger partial charge in [0.25, 0.3) is 5.91 Å². The Bertz CT molecular complexity index is 1140. The Balaban J connectivity index is 1.81. The zero-order valence-electron chi connectivity index (χ0n) is 15.2. The van der Waals surface area contributed by atoms with Crippen LogP contribution in [0.2, 0.25) is 0 Å². The average molecular weight is 437 g/mol. The van der Waals surface area contributed by atoms with Crippen molar-refractivity contribution in [3.63, 3.8) is 0 Å². The molecule has 0 aliphatic carbocycles. The Morgan fingerprint density at radius 3 is 2.80 bits per heavy atom. The minimum atomic E-state index is -5.19. The highest BCUT2D eigenvalue weighted by Crippen LogP contribution is 2.31. The number of nitrogens with one attached hydrogen (secondary N) is 1. The van der Waals surface area contributed by atoms with E-state index in [9.17, 15) is 27.9 Å². The number of aliphatic hydroxyl groups excluding tert-OH is 1. The zero-order valence-corrected chi connectivity index (χ0v) is 16.0. The number of fused-ring (bicyclic) bond motifs is 1. The summed E-state index contributed by atoms with van der Waals surface area (Å²) in [6.07, 6.45) is -3.52. The number of alkyl halides is 3. The number of halogens is 3. The SMILES string of the molecule is O=C1NCCc2c1cc(-c1ccnc(-c3csc(CO)c3)c1)n2OC(=O)C(F)(F)F. The van der Waals surface area contributed by atoms with Crippen molar-refractivity contribution >= 4 is 23.2 Å². The topological polar surface area (TPSA) is 93.5 Å². The van der Waals surface area contributed by atoms with Gasteiger partial charge in [0.1, 0.15) is 0 Å². The molecule has 3 aromatic heterocycles. The van der Waals surface area contributed by atoms with Crippen LogP contribution in [-0.4, -0.2) is 39.4 Å². The number of aliphatic hydroxyl groups is 1. The molecule has 0 radical (unpaired) electrons. The van der Waals surface area contributed by atoms with Crippen molar-refractivity contribution in [2.24, 2.45) is 0 Å². The normalized spacial score (nSPS) is 13.7. The third-order valence-electron chi connectivity index (χ3n) is 4.51. The summed E-state index contributed by atoms with van der Waals surface area (Å²) in [7, 11) is 0. The average Bonchev–Trinajstić information content (AvgIpc) is 3.33. The molecule has 0 unspecified atom stereocenters. The van der Waals surface area contributed by atoms with E-state index >= 15 is 0 Å². The molecule has 1 amide bonds. The van der Waals surface area contributed by atoms with Crippen molar-refractivity contribution in [3.05, 3.63) is 52.0 Å². The largest absolute Gasteiger partial charge is 0.493 e. The van der Waals surface area contributed by atoms with Gasteiger partial charge < -0.3 is 15.3 Å². The lowest BCUT2D eigenvalue weighted by atomic mass is 10.1. The van der Waals surface area contributed by atoms with E-state index in [2.05, 4.69) is 15.1 Å². The van der Waals surface area contributed by atoms with E-state index in [1.54, 1.807) is 23.6 Å². The number of nitrogens with zero attached hydrogens (tertiary/aromatic N) is 2. The van der Waals surface area contributed by atoms with Crippen molar-refractivity contribution in [3.8, 4) is 22.5 Å². The van der Waals surface area contributed by atoms with Crippen LogP contribution in [0.5, 0.6) is 0 Å². The third kappa shape index (κ3) is 3.68. The van der Waals surface area contributed by atoms with Crippen LogP contribution in [0.25, 0.3) is 22.5 Å². The first-order valence-corrected chi connectivity index (χ1v) is 9.63. The van der Waals surface area contributed by atoms with E-state index in [0.717, 1.165) is 15.2 Å². The highest BCUT2D eigenvalue weighted by molar-refractivity contribution is 7.10. The van der Waals surface area contributed by atoms with Crippen molar-refractivity contribution in [1.29, 1.82) is 0 Å². The van der Waals surface area contributed by atoms with E-state index in [4.69, 9.17) is 0 Å². The summed E-state index contributed by atoms with van der Waals surface area (Å²) in [6.45, 7) is 0.0850. The van der Waals surface area contributed by atoms with Crippen molar-refractivity contribution < 1.29 is 32.7 Å². The molecule has 0 spiro atoms. The molecule has 0 aromatic carbocycles. The first-order chi connectivity index (χ1) is 14.3. The summed E-state index contributed by atoms with van der Waals surface area (Å²) < 4.78 is 39.2. The molecular weight excluding hydrogens is 423 g/mol. The minimum absolute atomic E-state index is 0.121. The lowest BCUT2D eigenvalue weighted by Gasteiger charge is -2.17. The summed E-state index contributed by atoms with van der Waals surface area (Å²) in [4.78, 5) is 33.3. The molecule has 0 fully saturated rings. The fraction of sp³-hybridized carbons (Fsp3) is 0.211. The second kappa shape index (κ2) is 7.58. The summed E-state index contributed by atoms with van der Waals surface area (Å²) in [5.74, 6) is -2.84. The second-order valence-corrected chi connectivity index (χ2v) is 7.45. The van der Waals surface area contributed by atoms with Crippen LogP contribution in [-0.2, 0) is 17.8 Å². The number of aromatic nitrogens is 2. The molecule has 0 saturated carbocycles. The van der Waals surface area contributed by atoms with Crippen LogP contribution in [0.1, 0.15) is 20.9 Å². The number of hydrogen-bond donors (Lipinski definition) is 2. The standard InChI is InChI=1S/C19H14F3N3O4S/c20-19(21,22)18(28)29-25-15-2-4-24-17(27)13(15)7-16(25)10-1-3-23-14(6-10)11-5-12(8-26)30-9-11/h1,3,5-7,9,26H,2,4,8H2,(H,24,27). The van der Waals surface area contributed by atoms with Crippen molar-refractivity contribution in [1.82, 2.24) is 15.0 Å². The highest BCUT2D eigenvalue weighted by atomic mass is 32.1. The first kappa shape index (κ1) is 20.1. The monoisotopic (exact) mass is 437 g/mol. The summed E-state index contributed by atoms with van der Waals surface area (Å²) in [6, 6.07) is 6.29. The van der Waals surface area contributed by atoms with Crippen LogP contribution in [0, 0.1) is 0 Å². The van der Waals surface area contributed by atoms with Gasteiger partial charge in [-0.25, -0.2) is 4.79 Å². The molecule has 0 atom stereocenters. The maximum atomic E-state index is 12.8. The lowest BCUT2D eigenvalue weighted by Crippen LogP contribution is -2.37. The fourth-order valence-electron chi connectivity index (χ4n) is 3.14. The fourth-order valence-corrected chi connectivity index (χ4v) is 3.88. The van der Waals surface area contributed by atoms with Crippen LogP contribution in [0.4, 0.5) is 13.2 Å². The zero-order chi connectivity index (χ0) is 21.5. The number of amides is 1. The van der Waals surface area contributed by atoms with Gasteiger partial charge in [0.15, 0.2) is 0 Å². The number of carbonyl (C=O) groups is 2. The molecule has 7 nitrogen and oxygen atoms in total. The molecular formula is C19H14F3N3O4S. The van der Waals surface area contributed by atoms with E-state index < -0.39 is 18.1 Å². The molecule has 0 saturated heterocycles. The lowest BCUT2D eigenvalue weighted by molar-refractivity contribution is -0.199. The van der Waals surface area contributed by atoms with Gasteiger partial charge in [-0.1, -0.05) is 0 Å². The number of rotatable bonds is 4. The van der Waals surface area contributed by atoms with E-state index in [1.165, 1.54) is 23.6 Å². The summed E-state index contributed by atoms with van der Waals surface area (Å²) >= 11 is 1.34. The van der Waals surface area contributed by atoms with Gasteiger partial charge in [-0.3, -0.25) is 9.78 Å². The predicted octanol–water partition coefficient (Wildman–Crippen LogP) is 2.57. The van der Waals surface area contributed by atoms with E-state index in [0.29, 0.717) is 11.3 Å².